The van der Waals surface area contributed by atoms with E-state index in [1.54, 1.807) is 4.90 Å². The number of carbonyl (C=O) groups is 2. The minimum Gasteiger partial charge on any atom is -0.378 e. The molecule has 1 aromatic rings. The lowest BCUT2D eigenvalue weighted by Crippen LogP contribution is -2.40. The quantitative estimate of drug-likeness (QED) is 0.777. The van der Waals surface area contributed by atoms with Gasteiger partial charge in [0, 0.05) is 13.1 Å². The van der Waals surface area contributed by atoms with Crippen LogP contribution < -0.4 is 4.90 Å². The number of nitrogens with zero attached hydrogens (tertiary/aromatic N) is 2. The molecule has 2 aliphatic rings. The van der Waals surface area contributed by atoms with E-state index in [1.807, 2.05) is 0 Å². The molecule has 3 rings (SSSR count). The summed E-state index contributed by atoms with van der Waals surface area (Å²) >= 11 is 6.04. The molecule has 0 radical (unpaired) electrons. The molecule has 1 saturated heterocycles. The molecule has 1 aromatic carbocycles. The Balaban J connectivity index is 1.92. The minimum atomic E-state index is -0.588. The number of carbonyl (C=O) groups excluding carboxylic acids is 2. The number of anilines is 1. The Morgan fingerprint density at radius 2 is 1.67 bits per heavy atom. The van der Waals surface area contributed by atoms with Crippen molar-refractivity contribution in [2.45, 2.75) is 0 Å². The van der Waals surface area contributed by atoms with Crippen molar-refractivity contribution in [2.24, 2.45) is 0 Å². The molecule has 2 amide bonds. The fourth-order valence-corrected chi connectivity index (χ4v) is 2.66. The average Bonchev–Trinajstić information content (AvgIpc) is 2.72. The lowest BCUT2D eigenvalue weighted by molar-refractivity contribution is -0.121. The second-order valence-electron chi connectivity index (χ2n) is 4.68. The lowest BCUT2D eigenvalue weighted by atomic mass is 10.3. The molecule has 1 fully saturated rings. The molecule has 21 heavy (non-hydrogen) atoms. The molecule has 2 aliphatic heterocycles. The topological polar surface area (TPSA) is 49.9 Å². The molecule has 0 aliphatic carbocycles. The number of imide groups is 1. The molecular weight excluding hydrogens is 299 g/mol. The highest BCUT2D eigenvalue weighted by molar-refractivity contribution is 6.52. The molecule has 7 heteroatoms. The zero-order valence-corrected chi connectivity index (χ0v) is 11.8. The Kier molecular flexibility index (Phi) is 3.65. The summed E-state index contributed by atoms with van der Waals surface area (Å²) in [6.07, 6.45) is 0. The smallest absolute Gasteiger partial charge is 0.283 e. The number of morpholine rings is 1. The largest absolute Gasteiger partial charge is 0.378 e. The van der Waals surface area contributed by atoms with Gasteiger partial charge in [0.05, 0.1) is 18.9 Å². The van der Waals surface area contributed by atoms with Gasteiger partial charge < -0.3 is 9.64 Å². The zero-order chi connectivity index (χ0) is 15.0. The number of ether oxygens (including phenoxy) is 1. The summed E-state index contributed by atoms with van der Waals surface area (Å²) in [7, 11) is 0. The van der Waals surface area contributed by atoms with E-state index in [0.717, 1.165) is 4.90 Å². The standard InChI is InChI=1S/C14H12ClFN2O3/c15-11-12(17-5-7-21-8-6-17)14(20)18(13(11)19)10-3-1-9(16)2-4-10/h1-4H,5-8H2. The fraction of sp³-hybridized carbons (Fsp3) is 0.286. The van der Waals surface area contributed by atoms with E-state index < -0.39 is 17.6 Å². The van der Waals surface area contributed by atoms with Gasteiger partial charge >= 0.3 is 0 Å². The SMILES string of the molecule is O=C1C(Cl)=C(N2CCOCC2)C(=O)N1c1ccc(F)cc1. The van der Waals surface area contributed by atoms with Gasteiger partial charge in [-0.2, -0.15) is 0 Å². The zero-order valence-electron chi connectivity index (χ0n) is 11.0. The molecule has 2 heterocycles. The molecule has 110 valence electrons. The van der Waals surface area contributed by atoms with Gasteiger partial charge in [-0.05, 0) is 24.3 Å². The molecule has 0 N–H and O–H groups in total. The second kappa shape index (κ2) is 5.46. The van der Waals surface area contributed by atoms with Gasteiger partial charge in [0.1, 0.15) is 16.5 Å². The van der Waals surface area contributed by atoms with E-state index in [1.165, 1.54) is 24.3 Å². The average molecular weight is 311 g/mol. The predicted molar refractivity (Wildman–Crippen MR) is 74.2 cm³/mol. The summed E-state index contributed by atoms with van der Waals surface area (Å²) < 4.78 is 18.2. The Hall–Kier alpha value is -1.92. The van der Waals surface area contributed by atoms with Gasteiger partial charge in [0.2, 0.25) is 0 Å². The number of hydrogen-bond acceptors (Lipinski definition) is 4. The molecule has 0 aromatic heterocycles. The van der Waals surface area contributed by atoms with E-state index in [9.17, 15) is 14.0 Å². The van der Waals surface area contributed by atoms with Crippen LogP contribution in [0.1, 0.15) is 0 Å². The first kappa shape index (κ1) is 14.0. The number of amides is 2. The molecule has 0 bridgehead atoms. The van der Waals surface area contributed by atoms with Gasteiger partial charge in [-0.15, -0.1) is 0 Å². The monoisotopic (exact) mass is 310 g/mol. The van der Waals surface area contributed by atoms with Crippen molar-refractivity contribution in [3.63, 3.8) is 0 Å². The van der Waals surface area contributed by atoms with E-state index in [2.05, 4.69) is 0 Å². The van der Waals surface area contributed by atoms with Crippen LogP contribution in [0.4, 0.5) is 10.1 Å². The number of hydrogen-bond donors (Lipinski definition) is 0. The maximum atomic E-state index is 13.0. The Labute approximate surface area is 125 Å². The van der Waals surface area contributed by atoms with Crippen LogP contribution in [0.3, 0.4) is 0 Å². The van der Waals surface area contributed by atoms with Gasteiger partial charge in [0.25, 0.3) is 11.8 Å². The Morgan fingerprint density at radius 1 is 1.05 bits per heavy atom. The number of benzene rings is 1. The third-order valence-corrected chi connectivity index (χ3v) is 3.76. The van der Waals surface area contributed by atoms with Crippen molar-refractivity contribution >= 4 is 29.1 Å². The van der Waals surface area contributed by atoms with Crippen molar-refractivity contribution in [3.8, 4) is 0 Å². The molecular formula is C14H12ClFN2O3. The van der Waals surface area contributed by atoms with Crippen LogP contribution in [-0.2, 0) is 14.3 Å². The van der Waals surface area contributed by atoms with Crippen molar-refractivity contribution in [2.75, 3.05) is 31.2 Å². The first-order valence-corrected chi connectivity index (χ1v) is 6.84. The molecule has 0 saturated carbocycles. The van der Waals surface area contributed by atoms with Gasteiger partial charge in [-0.3, -0.25) is 9.59 Å². The van der Waals surface area contributed by atoms with E-state index in [-0.39, 0.29) is 10.7 Å². The van der Waals surface area contributed by atoms with Crippen molar-refractivity contribution in [1.29, 1.82) is 0 Å². The summed E-state index contributed by atoms with van der Waals surface area (Å²) in [6.45, 7) is 1.96. The fourth-order valence-electron chi connectivity index (χ4n) is 2.38. The van der Waals surface area contributed by atoms with E-state index in [0.29, 0.717) is 32.0 Å². The highest BCUT2D eigenvalue weighted by Crippen LogP contribution is 2.31. The first-order valence-electron chi connectivity index (χ1n) is 6.46. The van der Waals surface area contributed by atoms with Gasteiger partial charge in [-0.1, -0.05) is 11.6 Å². The van der Waals surface area contributed by atoms with Crippen LogP contribution in [0.15, 0.2) is 35.0 Å². The third-order valence-electron chi connectivity index (χ3n) is 3.42. The molecule has 0 spiro atoms. The predicted octanol–water partition coefficient (Wildman–Crippen LogP) is 1.48. The lowest BCUT2D eigenvalue weighted by Gasteiger charge is -2.29. The van der Waals surface area contributed by atoms with E-state index >= 15 is 0 Å². The third kappa shape index (κ3) is 2.41. The first-order chi connectivity index (χ1) is 10.1. The number of rotatable bonds is 2. The van der Waals surface area contributed by atoms with Crippen LogP contribution in [0.5, 0.6) is 0 Å². The summed E-state index contributed by atoms with van der Waals surface area (Å²) in [5.74, 6) is -1.52. The van der Waals surface area contributed by atoms with Gasteiger partial charge in [-0.25, -0.2) is 9.29 Å². The number of halogens is 2. The van der Waals surface area contributed by atoms with Crippen molar-refractivity contribution < 1.29 is 18.7 Å². The van der Waals surface area contributed by atoms with Crippen LogP contribution >= 0.6 is 11.6 Å². The van der Waals surface area contributed by atoms with Crippen molar-refractivity contribution in [1.82, 2.24) is 4.90 Å². The highest BCUT2D eigenvalue weighted by atomic mass is 35.5. The van der Waals surface area contributed by atoms with Crippen LogP contribution in [0.25, 0.3) is 0 Å². The summed E-state index contributed by atoms with van der Waals surface area (Å²) in [4.78, 5) is 27.4. The van der Waals surface area contributed by atoms with Gasteiger partial charge in [0.15, 0.2) is 0 Å². The van der Waals surface area contributed by atoms with Crippen molar-refractivity contribution in [3.05, 3.63) is 40.8 Å². The second-order valence-corrected chi connectivity index (χ2v) is 5.06. The van der Waals surface area contributed by atoms with E-state index in [4.69, 9.17) is 16.3 Å². The maximum absolute atomic E-state index is 13.0. The molecule has 0 unspecified atom stereocenters. The molecule has 5 nitrogen and oxygen atoms in total. The van der Waals surface area contributed by atoms with Crippen LogP contribution in [0, 0.1) is 5.82 Å². The maximum Gasteiger partial charge on any atom is 0.283 e. The molecule has 0 atom stereocenters. The minimum absolute atomic E-state index is 0.105. The summed E-state index contributed by atoms with van der Waals surface area (Å²) in [6, 6.07) is 5.13. The Morgan fingerprint density at radius 3 is 2.29 bits per heavy atom. The highest BCUT2D eigenvalue weighted by Gasteiger charge is 2.41. The van der Waals surface area contributed by atoms with Crippen LogP contribution in [0.2, 0.25) is 0 Å². The normalized spacial score (nSPS) is 19.7. The Bertz CT molecular complexity index is 624. The summed E-state index contributed by atoms with van der Waals surface area (Å²) in [5, 5.41) is -0.105. The van der Waals surface area contributed by atoms with Crippen LogP contribution in [-0.4, -0.2) is 43.0 Å². The summed E-state index contributed by atoms with van der Waals surface area (Å²) in [5.41, 5.74) is 0.488.